The van der Waals surface area contributed by atoms with Crippen LogP contribution in [-0.4, -0.2) is 41.9 Å². The Hall–Kier alpha value is -1.66. The van der Waals surface area contributed by atoms with Gasteiger partial charge in [-0.3, -0.25) is 9.59 Å². The molecular formula is C17H23ClFN3O2. The van der Waals surface area contributed by atoms with E-state index in [-0.39, 0.29) is 35.8 Å². The summed E-state index contributed by atoms with van der Waals surface area (Å²) in [5.74, 6) is -1.15. The molecule has 3 rings (SSSR count). The molecule has 2 unspecified atom stereocenters. The van der Waals surface area contributed by atoms with Gasteiger partial charge in [-0.1, -0.05) is 0 Å². The summed E-state index contributed by atoms with van der Waals surface area (Å²) < 4.78 is 14.1. The van der Waals surface area contributed by atoms with Crippen molar-refractivity contribution >= 4 is 29.9 Å². The predicted octanol–water partition coefficient (Wildman–Crippen LogP) is 2.56. The van der Waals surface area contributed by atoms with Crippen molar-refractivity contribution in [3.05, 3.63) is 29.6 Å². The molecule has 1 aromatic carbocycles. The first-order valence-electron chi connectivity index (χ1n) is 8.04. The Morgan fingerprint density at radius 1 is 1.25 bits per heavy atom. The molecule has 2 fully saturated rings. The summed E-state index contributed by atoms with van der Waals surface area (Å²) >= 11 is 0. The maximum Gasteiger partial charge on any atom is 0.256 e. The van der Waals surface area contributed by atoms with Crippen molar-refractivity contribution < 1.29 is 14.0 Å². The molecule has 2 saturated heterocycles. The lowest BCUT2D eigenvalue weighted by Gasteiger charge is -2.35. The molecule has 24 heavy (non-hydrogen) atoms. The summed E-state index contributed by atoms with van der Waals surface area (Å²) in [5.41, 5.74) is 0.436. The Morgan fingerprint density at radius 2 is 1.88 bits per heavy atom. The lowest BCUT2D eigenvalue weighted by molar-refractivity contribution is -0.114. The Morgan fingerprint density at radius 3 is 2.46 bits per heavy atom. The Kier molecular flexibility index (Phi) is 5.83. The van der Waals surface area contributed by atoms with Gasteiger partial charge < -0.3 is 15.5 Å². The van der Waals surface area contributed by atoms with Crippen LogP contribution in [-0.2, 0) is 4.79 Å². The number of halogens is 2. The monoisotopic (exact) mass is 355 g/mol. The van der Waals surface area contributed by atoms with E-state index in [4.69, 9.17) is 0 Å². The molecule has 0 saturated carbocycles. The predicted molar refractivity (Wildman–Crippen MR) is 93.0 cm³/mol. The van der Waals surface area contributed by atoms with Gasteiger partial charge in [-0.15, -0.1) is 12.4 Å². The van der Waals surface area contributed by atoms with Crippen molar-refractivity contribution in [2.24, 2.45) is 0 Å². The Labute approximate surface area is 147 Å². The summed E-state index contributed by atoms with van der Waals surface area (Å²) in [4.78, 5) is 25.5. The highest BCUT2D eigenvalue weighted by atomic mass is 35.5. The SMILES string of the molecule is CC(=O)Nc1ccc(F)c(C(=O)N(C)C2CC3CCC(C2)N3)c1.Cl. The van der Waals surface area contributed by atoms with Crippen molar-refractivity contribution in [1.82, 2.24) is 10.2 Å². The van der Waals surface area contributed by atoms with Gasteiger partial charge in [-0.05, 0) is 43.9 Å². The summed E-state index contributed by atoms with van der Waals surface area (Å²) in [6.45, 7) is 1.38. The first-order chi connectivity index (χ1) is 10.9. The molecule has 0 spiro atoms. The highest BCUT2D eigenvalue weighted by Gasteiger charge is 2.36. The molecule has 1 aromatic rings. The van der Waals surface area contributed by atoms with Crippen molar-refractivity contribution in [1.29, 1.82) is 0 Å². The first-order valence-corrected chi connectivity index (χ1v) is 8.04. The van der Waals surface area contributed by atoms with E-state index < -0.39 is 5.82 Å². The highest BCUT2D eigenvalue weighted by Crippen LogP contribution is 2.30. The minimum atomic E-state index is -0.562. The van der Waals surface area contributed by atoms with Crippen LogP contribution in [0.3, 0.4) is 0 Å². The summed E-state index contributed by atoms with van der Waals surface area (Å²) in [5, 5.41) is 6.12. The Balaban J connectivity index is 0.00000208. The third-order valence-electron chi connectivity index (χ3n) is 4.83. The third kappa shape index (κ3) is 3.87. The second-order valence-corrected chi connectivity index (χ2v) is 6.55. The van der Waals surface area contributed by atoms with Crippen LogP contribution in [0.1, 0.15) is 43.0 Å². The zero-order valence-electron chi connectivity index (χ0n) is 13.8. The average molecular weight is 356 g/mol. The smallest absolute Gasteiger partial charge is 0.256 e. The number of fused-ring (bicyclic) bond motifs is 2. The van der Waals surface area contributed by atoms with Gasteiger partial charge in [0.1, 0.15) is 5.82 Å². The maximum atomic E-state index is 14.1. The molecule has 2 aliphatic rings. The second kappa shape index (κ2) is 7.49. The summed E-state index contributed by atoms with van der Waals surface area (Å²) in [7, 11) is 1.74. The molecule has 2 bridgehead atoms. The number of carbonyl (C=O) groups excluding carboxylic acids is 2. The molecule has 2 amide bonds. The molecule has 2 heterocycles. The third-order valence-corrected chi connectivity index (χ3v) is 4.83. The number of anilines is 1. The minimum absolute atomic E-state index is 0. The van der Waals surface area contributed by atoms with Gasteiger partial charge in [-0.2, -0.15) is 0 Å². The zero-order chi connectivity index (χ0) is 16.6. The fraction of sp³-hybridized carbons (Fsp3) is 0.529. The maximum absolute atomic E-state index is 14.1. The number of carbonyl (C=O) groups is 2. The van der Waals surface area contributed by atoms with Crippen molar-refractivity contribution in [3.63, 3.8) is 0 Å². The molecular weight excluding hydrogens is 333 g/mol. The molecule has 7 heteroatoms. The van der Waals surface area contributed by atoms with Crippen molar-refractivity contribution in [2.75, 3.05) is 12.4 Å². The minimum Gasteiger partial charge on any atom is -0.339 e. The van der Waals surface area contributed by atoms with Crippen LogP contribution in [0.5, 0.6) is 0 Å². The van der Waals surface area contributed by atoms with Crippen LogP contribution in [0, 0.1) is 5.82 Å². The molecule has 5 nitrogen and oxygen atoms in total. The molecule has 0 radical (unpaired) electrons. The molecule has 2 aliphatic heterocycles. The van der Waals surface area contributed by atoms with E-state index in [2.05, 4.69) is 10.6 Å². The van der Waals surface area contributed by atoms with Gasteiger partial charge in [0.2, 0.25) is 5.91 Å². The van der Waals surface area contributed by atoms with E-state index in [0.717, 1.165) is 25.7 Å². The molecule has 0 aromatic heterocycles. The van der Waals surface area contributed by atoms with Crippen LogP contribution in [0.2, 0.25) is 0 Å². The van der Waals surface area contributed by atoms with E-state index in [1.165, 1.54) is 25.1 Å². The number of benzene rings is 1. The van der Waals surface area contributed by atoms with E-state index in [1.807, 2.05) is 0 Å². The van der Waals surface area contributed by atoms with Gasteiger partial charge in [0.25, 0.3) is 5.91 Å². The van der Waals surface area contributed by atoms with Crippen LogP contribution >= 0.6 is 12.4 Å². The van der Waals surface area contributed by atoms with Gasteiger partial charge >= 0.3 is 0 Å². The van der Waals surface area contributed by atoms with E-state index in [0.29, 0.717) is 17.8 Å². The fourth-order valence-corrected chi connectivity index (χ4v) is 3.67. The number of nitrogens with one attached hydrogen (secondary N) is 2. The number of hydrogen-bond acceptors (Lipinski definition) is 3. The van der Waals surface area contributed by atoms with Gasteiger partial charge in [0.15, 0.2) is 0 Å². The summed E-state index contributed by atoms with van der Waals surface area (Å²) in [6, 6.07) is 5.14. The van der Waals surface area contributed by atoms with Crippen LogP contribution in [0.4, 0.5) is 10.1 Å². The highest BCUT2D eigenvalue weighted by molar-refractivity contribution is 5.97. The van der Waals surface area contributed by atoms with E-state index in [1.54, 1.807) is 11.9 Å². The van der Waals surface area contributed by atoms with E-state index >= 15 is 0 Å². The van der Waals surface area contributed by atoms with Crippen molar-refractivity contribution in [2.45, 2.75) is 50.7 Å². The van der Waals surface area contributed by atoms with Gasteiger partial charge in [-0.25, -0.2) is 4.39 Å². The van der Waals surface area contributed by atoms with Gasteiger partial charge in [0.05, 0.1) is 5.56 Å². The average Bonchev–Trinajstić information content (AvgIpc) is 2.85. The largest absolute Gasteiger partial charge is 0.339 e. The number of piperidine rings is 1. The molecule has 0 aliphatic carbocycles. The van der Waals surface area contributed by atoms with E-state index in [9.17, 15) is 14.0 Å². The standard InChI is InChI=1S/C17H22FN3O2.ClH/c1-10(22)19-13-5-6-16(18)15(9-13)17(23)21(2)14-7-11-3-4-12(8-14)20-11;/h5-6,9,11-12,14,20H,3-4,7-8H2,1-2H3,(H,19,22);1H. The number of nitrogens with zero attached hydrogens (tertiary/aromatic N) is 1. The summed E-state index contributed by atoms with van der Waals surface area (Å²) in [6.07, 6.45) is 4.11. The van der Waals surface area contributed by atoms with Crippen LogP contribution in [0.25, 0.3) is 0 Å². The van der Waals surface area contributed by atoms with Crippen LogP contribution in [0.15, 0.2) is 18.2 Å². The first kappa shape index (κ1) is 18.7. The van der Waals surface area contributed by atoms with Crippen LogP contribution < -0.4 is 10.6 Å². The fourth-order valence-electron chi connectivity index (χ4n) is 3.67. The molecule has 2 atom stereocenters. The lowest BCUT2D eigenvalue weighted by Crippen LogP contribution is -2.48. The second-order valence-electron chi connectivity index (χ2n) is 6.55. The zero-order valence-corrected chi connectivity index (χ0v) is 14.7. The lowest BCUT2D eigenvalue weighted by atomic mass is 9.98. The normalized spacial score (nSPS) is 24.9. The Bertz CT molecular complexity index is 628. The van der Waals surface area contributed by atoms with Crippen molar-refractivity contribution in [3.8, 4) is 0 Å². The number of rotatable bonds is 3. The number of amides is 2. The number of hydrogen-bond donors (Lipinski definition) is 2. The quantitative estimate of drug-likeness (QED) is 0.876. The topological polar surface area (TPSA) is 61.4 Å². The van der Waals surface area contributed by atoms with Gasteiger partial charge in [0, 0.05) is 37.8 Å². The molecule has 2 N–H and O–H groups in total. The molecule has 132 valence electrons.